The standard InChI is InChI=1S/C23H25NO7S/c1-29-21(26)19(24-23(28)31-15-16-9-5-3-6-10-16)13-18(14-20(25)22(27)30-2)32-17-11-7-4-8-12-17/h3-13,19-20,25H,14-15H2,1-2H3,(H,24,28)/b18-13+/t19-,20-/m0/s1. The van der Waals surface area contributed by atoms with Gasteiger partial charge in [0.15, 0.2) is 6.10 Å². The summed E-state index contributed by atoms with van der Waals surface area (Å²) in [6, 6.07) is 17.0. The Balaban J connectivity index is 2.18. The molecule has 0 radical (unpaired) electrons. The first-order valence-electron chi connectivity index (χ1n) is 9.67. The maximum absolute atomic E-state index is 12.3. The number of ether oxygens (including phenoxy) is 3. The average molecular weight is 460 g/mol. The van der Waals surface area contributed by atoms with Gasteiger partial charge < -0.3 is 24.6 Å². The largest absolute Gasteiger partial charge is 0.467 e. The first-order chi connectivity index (χ1) is 15.4. The highest BCUT2D eigenvalue weighted by Gasteiger charge is 2.24. The zero-order valence-corrected chi connectivity index (χ0v) is 18.5. The molecule has 2 N–H and O–H groups in total. The van der Waals surface area contributed by atoms with E-state index in [1.54, 1.807) is 12.1 Å². The molecule has 9 heteroatoms. The molecule has 2 aromatic carbocycles. The van der Waals surface area contributed by atoms with Crippen LogP contribution in [0.3, 0.4) is 0 Å². The number of rotatable bonds is 10. The number of benzene rings is 2. The summed E-state index contributed by atoms with van der Waals surface area (Å²) in [5.74, 6) is -1.55. The maximum atomic E-state index is 12.3. The molecule has 0 bridgehead atoms. The molecule has 0 aliphatic carbocycles. The third-order valence-corrected chi connectivity index (χ3v) is 5.23. The molecule has 0 unspecified atom stereocenters. The lowest BCUT2D eigenvalue weighted by Gasteiger charge is -2.17. The first kappa shape index (κ1) is 25.0. The molecule has 0 saturated carbocycles. The molecule has 170 valence electrons. The Morgan fingerprint density at radius 2 is 1.56 bits per heavy atom. The molecule has 0 aliphatic heterocycles. The van der Waals surface area contributed by atoms with E-state index >= 15 is 0 Å². The number of aliphatic hydroxyl groups is 1. The molecule has 8 nitrogen and oxygen atoms in total. The van der Waals surface area contributed by atoms with E-state index in [0.717, 1.165) is 10.5 Å². The van der Waals surface area contributed by atoms with Gasteiger partial charge in [0.25, 0.3) is 0 Å². The smallest absolute Gasteiger partial charge is 0.408 e. The van der Waals surface area contributed by atoms with Crippen molar-refractivity contribution in [3.8, 4) is 0 Å². The number of thioether (sulfide) groups is 1. The van der Waals surface area contributed by atoms with E-state index in [0.29, 0.717) is 4.91 Å². The second-order valence-electron chi connectivity index (χ2n) is 6.50. The quantitative estimate of drug-likeness (QED) is 0.317. The molecule has 2 atom stereocenters. The highest BCUT2D eigenvalue weighted by Crippen LogP contribution is 2.30. The topological polar surface area (TPSA) is 111 Å². The number of methoxy groups -OCH3 is 2. The van der Waals surface area contributed by atoms with Crippen LogP contribution in [0.1, 0.15) is 12.0 Å². The Morgan fingerprint density at radius 1 is 0.969 bits per heavy atom. The molecule has 0 aliphatic rings. The van der Waals surface area contributed by atoms with Crippen LogP contribution in [0.5, 0.6) is 0 Å². The minimum Gasteiger partial charge on any atom is -0.467 e. The van der Waals surface area contributed by atoms with Gasteiger partial charge in [0.1, 0.15) is 12.6 Å². The maximum Gasteiger partial charge on any atom is 0.408 e. The van der Waals surface area contributed by atoms with Crippen LogP contribution in [-0.4, -0.2) is 49.5 Å². The molecule has 32 heavy (non-hydrogen) atoms. The molecule has 0 fully saturated rings. The highest BCUT2D eigenvalue weighted by molar-refractivity contribution is 8.03. The summed E-state index contributed by atoms with van der Waals surface area (Å²) in [6.07, 6.45) is -0.969. The number of hydrogen-bond donors (Lipinski definition) is 2. The minimum atomic E-state index is -1.44. The van der Waals surface area contributed by atoms with Crippen molar-refractivity contribution in [3.05, 3.63) is 77.2 Å². The molecule has 2 aromatic rings. The average Bonchev–Trinajstić information content (AvgIpc) is 2.82. The number of alkyl carbamates (subject to hydrolysis) is 1. The second kappa shape index (κ2) is 13.2. The summed E-state index contributed by atoms with van der Waals surface area (Å²) in [6.45, 7) is 0.0248. The molecule has 1 amide bonds. The third-order valence-electron chi connectivity index (χ3n) is 4.15. The number of esters is 2. The van der Waals surface area contributed by atoms with Crippen molar-refractivity contribution in [2.24, 2.45) is 0 Å². The van der Waals surface area contributed by atoms with Gasteiger partial charge >= 0.3 is 18.0 Å². The van der Waals surface area contributed by atoms with E-state index in [4.69, 9.17) is 9.47 Å². The molecule has 0 saturated heterocycles. The fraction of sp³-hybridized carbons (Fsp3) is 0.261. The number of carbonyl (C=O) groups excluding carboxylic acids is 3. The monoisotopic (exact) mass is 459 g/mol. The van der Waals surface area contributed by atoms with Gasteiger partial charge in [-0.3, -0.25) is 0 Å². The van der Waals surface area contributed by atoms with Gasteiger partial charge in [-0.2, -0.15) is 0 Å². The normalized spacial score (nSPS) is 12.9. The number of carbonyl (C=O) groups is 3. The van der Waals surface area contributed by atoms with E-state index < -0.39 is 30.2 Å². The van der Waals surface area contributed by atoms with Gasteiger partial charge in [-0.1, -0.05) is 60.3 Å². The van der Waals surface area contributed by atoms with Crippen LogP contribution in [0.4, 0.5) is 4.79 Å². The van der Waals surface area contributed by atoms with Crippen molar-refractivity contribution in [3.63, 3.8) is 0 Å². The van der Waals surface area contributed by atoms with Gasteiger partial charge in [-0.25, -0.2) is 14.4 Å². The van der Waals surface area contributed by atoms with Gasteiger partial charge in [0.05, 0.1) is 14.2 Å². The van der Waals surface area contributed by atoms with Crippen LogP contribution in [0, 0.1) is 0 Å². The van der Waals surface area contributed by atoms with Crippen molar-refractivity contribution >= 4 is 29.8 Å². The van der Waals surface area contributed by atoms with E-state index in [9.17, 15) is 19.5 Å². The van der Waals surface area contributed by atoms with E-state index in [2.05, 4.69) is 10.1 Å². The number of amides is 1. The summed E-state index contributed by atoms with van der Waals surface area (Å²) in [4.78, 5) is 37.5. The zero-order valence-electron chi connectivity index (χ0n) is 17.7. The Bertz CT molecular complexity index is 918. The Morgan fingerprint density at radius 3 is 2.16 bits per heavy atom. The lowest BCUT2D eigenvalue weighted by Crippen LogP contribution is -2.40. The Hall–Kier alpha value is -3.30. The lowest BCUT2D eigenvalue weighted by molar-refractivity contribution is -0.150. The summed E-state index contributed by atoms with van der Waals surface area (Å²) < 4.78 is 14.5. The predicted molar refractivity (Wildman–Crippen MR) is 119 cm³/mol. The van der Waals surface area contributed by atoms with Gasteiger partial charge in [-0.05, 0) is 28.7 Å². The number of aliphatic hydroxyl groups excluding tert-OH is 1. The van der Waals surface area contributed by atoms with E-state index in [1.165, 1.54) is 32.1 Å². The Kier molecular flexibility index (Phi) is 10.3. The lowest BCUT2D eigenvalue weighted by atomic mass is 10.2. The van der Waals surface area contributed by atoms with Crippen molar-refractivity contribution in [1.82, 2.24) is 5.32 Å². The molecular weight excluding hydrogens is 434 g/mol. The fourth-order valence-corrected chi connectivity index (χ4v) is 3.61. The third kappa shape index (κ3) is 8.44. The highest BCUT2D eigenvalue weighted by atomic mass is 32.2. The van der Waals surface area contributed by atoms with Crippen LogP contribution < -0.4 is 5.32 Å². The SMILES string of the molecule is COC(=O)[C@H](/C=C(\C[C@H](O)C(=O)OC)Sc1ccccc1)NC(=O)OCc1ccccc1. The van der Waals surface area contributed by atoms with E-state index in [1.807, 2.05) is 48.5 Å². The molecule has 0 heterocycles. The Labute approximate surface area is 190 Å². The predicted octanol–water partition coefficient (Wildman–Crippen LogP) is 3.05. The molecule has 2 rings (SSSR count). The van der Waals surface area contributed by atoms with E-state index in [-0.39, 0.29) is 13.0 Å². The van der Waals surface area contributed by atoms with Gasteiger partial charge in [0, 0.05) is 11.3 Å². The van der Waals surface area contributed by atoms with Crippen LogP contribution in [0.25, 0.3) is 0 Å². The summed E-state index contributed by atoms with van der Waals surface area (Å²) in [5, 5.41) is 12.6. The van der Waals surface area contributed by atoms with Gasteiger partial charge in [-0.15, -0.1) is 0 Å². The summed E-state index contributed by atoms with van der Waals surface area (Å²) in [5.41, 5.74) is 0.786. The number of nitrogens with one attached hydrogen (secondary N) is 1. The number of hydrogen-bond acceptors (Lipinski definition) is 8. The van der Waals surface area contributed by atoms with Gasteiger partial charge in [0.2, 0.25) is 0 Å². The van der Waals surface area contributed by atoms with Crippen LogP contribution in [0.2, 0.25) is 0 Å². The van der Waals surface area contributed by atoms with Crippen molar-refractivity contribution in [1.29, 1.82) is 0 Å². The minimum absolute atomic E-state index is 0.0248. The van der Waals surface area contributed by atoms with Crippen LogP contribution in [-0.2, 0) is 30.4 Å². The molecule has 0 spiro atoms. The summed E-state index contributed by atoms with van der Waals surface area (Å²) in [7, 11) is 2.36. The van der Waals surface area contributed by atoms with Crippen molar-refractivity contribution in [2.75, 3.05) is 14.2 Å². The van der Waals surface area contributed by atoms with Crippen LogP contribution in [0.15, 0.2) is 76.5 Å². The molecular formula is C23H25NO7S. The second-order valence-corrected chi connectivity index (χ2v) is 7.70. The summed E-state index contributed by atoms with van der Waals surface area (Å²) >= 11 is 1.23. The van der Waals surface area contributed by atoms with Crippen molar-refractivity contribution < 1.29 is 33.7 Å². The van der Waals surface area contributed by atoms with Crippen LogP contribution >= 0.6 is 11.8 Å². The molecule has 0 aromatic heterocycles. The fourth-order valence-electron chi connectivity index (χ4n) is 2.57. The van der Waals surface area contributed by atoms with Crippen molar-refractivity contribution in [2.45, 2.75) is 30.1 Å². The first-order valence-corrected chi connectivity index (χ1v) is 10.5. The zero-order chi connectivity index (χ0) is 23.3.